The molecule has 70 valence electrons. The number of nitrogens with one attached hydrogen (secondary N) is 2. The fraction of sp³-hybridized carbons (Fsp3) is 0.444. The molecular formula is C9H12ClN3. The number of halogens is 1. The van der Waals surface area contributed by atoms with Crippen molar-refractivity contribution in [1.29, 1.82) is 0 Å². The molecule has 0 saturated carbocycles. The van der Waals surface area contributed by atoms with Crippen LogP contribution < -0.4 is 10.6 Å². The van der Waals surface area contributed by atoms with Crippen molar-refractivity contribution in [2.75, 3.05) is 19.6 Å². The van der Waals surface area contributed by atoms with Crippen molar-refractivity contribution in [1.82, 2.24) is 15.6 Å². The molecule has 0 radical (unpaired) electrons. The standard InChI is InChI=1S/C9H12ClN3/c10-8-1-2-11-5-7(8)9-6-12-3-4-13-9/h1-2,5,9,12-13H,3-4,6H2/t9-/m0/s1. The van der Waals surface area contributed by atoms with E-state index in [-0.39, 0.29) is 0 Å². The molecule has 1 aliphatic rings. The highest BCUT2D eigenvalue weighted by molar-refractivity contribution is 6.31. The number of rotatable bonds is 1. The summed E-state index contributed by atoms with van der Waals surface area (Å²) >= 11 is 6.05. The first-order valence-corrected chi connectivity index (χ1v) is 4.79. The van der Waals surface area contributed by atoms with E-state index in [4.69, 9.17) is 11.6 Å². The van der Waals surface area contributed by atoms with Gasteiger partial charge in [-0.3, -0.25) is 4.98 Å². The zero-order valence-corrected chi connectivity index (χ0v) is 8.01. The van der Waals surface area contributed by atoms with Crippen LogP contribution in [0.1, 0.15) is 11.6 Å². The molecule has 1 fully saturated rings. The monoisotopic (exact) mass is 197 g/mol. The largest absolute Gasteiger partial charge is 0.314 e. The molecule has 2 N–H and O–H groups in total. The fourth-order valence-electron chi connectivity index (χ4n) is 1.52. The summed E-state index contributed by atoms with van der Waals surface area (Å²) in [5, 5.41) is 7.49. The number of nitrogens with zero attached hydrogens (tertiary/aromatic N) is 1. The molecule has 4 heteroatoms. The summed E-state index contributed by atoms with van der Waals surface area (Å²) in [7, 11) is 0. The van der Waals surface area contributed by atoms with E-state index in [9.17, 15) is 0 Å². The molecule has 0 aromatic carbocycles. The van der Waals surface area contributed by atoms with E-state index in [0.717, 1.165) is 30.2 Å². The highest BCUT2D eigenvalue weighted by Crippen LogP contribution is 2.21. The Hall–Kier alpha value is -0.640. The number of piperazine rings is 1. The predicted molar refractivity (Wildman–Crippen MR) is 52.9 cm³/mol. The number of hydrogen-bond donors (Lipinski definition) is 2. The molecule has 1 aromatic rings. The zero-order chi connectivity index (χ0) is 9.10. The van der Waals surface area contributed by atoms with Gasteiger partial charge in [-0.25, -0.2) is 0 Å². The number of pyridine rings is 1. The molecule has 2 heterocycles. The fourth-order valence-corrected chi connectivity index (χ4v) is 1.76. The van der Waals surface area contributed by atoms with Crippen molar-refractivity contribution in [3.8, 4) is 0 Å². The van der Waals surface area contributed by atoms with Crippen LogP contribution in [-0.2, 0) is 0 Å². The van der Waals surface area contributed by atoms with Gasteiger partial charge in [-0.2, -0.15) is 0 Å². The smallest absolute Gasteiger partial charge is 0.0485 e. The van der Waals surface area contributed by atoms with Gasteiger partial charge < -0.3 is 10.6 Å². The Bertz CT molecular complexity index is 284. The highest BCUT2D eigenvalue weighted by Gasteiger charge is 2.16. The van der Waals surface area contributed by atoms with Crippen molar-refractivity contribution in [3.63, 3.8) is 0 Å². The van der Waals surface area contributed by atoms with Crippen LogP contribution in [0.15, 0.2) is 18.5 Å². The van der Waals surface area contributed by atoms with Gasteiger partial charge in [-0.05, 0) is 6.07 Å². The van der Waals surface area contributed by atoms with Gasteiger partial charge in [0.1, 0.15) is 0 Å². The molecule has 0 amide bonds. The lowest BCUT2D eigenvalue weighted by Crippen LogP contribution is -2.42. The van der Waals surface area contributed by atoms with Gasteiger partial charge in [0.15, 0.2) is 0 Å². The van der Waals surface area contributed by atoms with Gasteiger partial charge in [0.05, 0.1) is 0 Å². The summed E-state index contributed by atoms with van der Waals surface area (Å²) in [5.74, 6) is 0. The Balaban J connectivity index is 2.18. The van der Waals surface area contributed by atoms with Gasteiger partial charge in [-0.1, -0.05) is 11.6 Å². The number of aromatic nitrogens is 1. The van der Waals surface area contributed by atoms with E-state index in [0.29, 0.717) is 6.04 Å². The van der Waals surface area contributed by atoms with E-state index in [2.05, 4.69) is 15.6 Å². The maximum Gasteiger partial charge on any atom is 0.0485 e. The van der Waals surface area contributed by atoms with Crippen molar-refractivity contribution in [3.05, 3.63) is 29.0 Å². The van der Waals surface area contributed by atoms with E-state index in [1.165, 1.54) is 0 Å². The molecule has 1 atom stereocenters. The Morgan fingerprint density at radius 3 is 3.08 bits per heavy atom. The normalized spacial score (nSPS) is 23.0. The van der Waals surface area contributed by atoms with Crippen LogP contribution in [0.3, 0.4) is 0 Å². The lowest BCUT2D eigenvalue weighted by atomic mass is 10.1. The van der Waals surface area contributed by atoms with E-state index in [1.54, 1.807) is 6.20 Å². The first kappa shape index (κ1) is 8.94. The van der Waals surface area contributed by atoms with Gasteiger partial charge in [-0.15, -0.1) is 0 Å². The lowest BCUT2D eigenvalue weighted by molar-refractivity contribution is 0.429. The van der Waals surface area contributed by atoms with Gasteiger partial charge in [0.2, 0.25) is 0 Å². The summed E-state index contributed by atoms with van der Waals surface area (Å²) in [6, 6.07) is 2.13. The molecular weight excluding hydrogens is 186 g/mol. The third-order valence-corrected chi connectivity index (χ3v) is 2.56. The summed E-state index contributed by atoms with van der Waals surface area (Å²) in [6.07, 6.45) is 3.54. The van der Waals surface area contributed by atoms with Crippen molar-refractivity contribution in [2.45, 2.75) is 6.04 Å². The first-order chi connectivity index (χ1) is 6.38. The minimum absolute atomic E-state index is 0.301. The average Bonchev–Trinajstić information content (AvgIpc) is 2.20. The van der Waals surface area contributed by atoms with Crippen LogP contribution in [0.5, 0.6) is 0 Å². The van der Waals surface area contributed by atoms with Crippen molar-refractivity contribution in [2.24, 2.45) is 0 Å². The molecule has 0 unspecified atom stereocenters. The molecule has 1 aliphatic heterocycles. The number of hydrogen-bond acceptors (Lipinski definition) is 3. The molecule has 0 aliphatic carbocycles. The highest BCUT2D eigenvalue weighted by atomic mass is 35.5. The zero-order valence-electron chi connectivity index (χ0n) is 7.26. The van der Waals surface area contributed by atoms with Gasteiger partial charge in [0.25, 0.3) is 0 Å². The van der Waals surface area contributed by atoms with Crippen LogP contribution in [0.2, 0.25) is 5.02 Å². The molecule has 0 bridgehead atoms. The summed E-state index contributed by atoms with van der Waals surface area (Å²) in [5.41, 5.74) is 1.08. The van der Waals surface area contributed by atoms with Crippen LogP contribution in [0, 0.1) is 0 Å². The topological polar surface area (TPSA) is 37.0 Å². The second-order valence-electron chi connectivity index (χ2n) is 3.11. The molecule has 13 heavy (non-hydrogen) atoms. The van der Waals surface area contributed by atoms with Crippen LogP contribution in [-0.4, -0.2) is 24.6 Å². The Labute approximate surface area is 82.5 Å². The first-order valence-electron chi connectivity index (χ1n) is 4.41. The maximum atomic E-state index is 6.05. The van der Waals surface area contributed by atoms with E-state index in [1.807, 2.05) is 12.3 Å². The SMILES string of the molecule is Clc1ccncc1[C@@H]1CNCCN1. The Kier molecular flexibility index (Phi) is 2.78. The van der Waals surface area contributed by atoms with Crippen LogP contribution in [0.25, 0.3) is 0 Å². The van der Waals surface area contributed by atoms with Crippen LogP contribution >= 0.6 is 11.6 Å². The third-order valence-electron chi connectivity index (χ3n) is 2.21. The molecule has 2 rings (SSSR count). The molecule has 1 aromatic heterocycles. The third kappa shape index (κ3) is 1.99. The minimum atomic E-state index is 0.301. The van der Waals surface area contributed by atoms with Crippen molar-refractivity contribution < 1.29 is 0 Å². The second kappa shape index (κ2) is 4.05. The lowest BCUT2D eigenvalue weighted by Gasteiger charge is -2.25. The molecule has 0 spiro atoms. The minimum Gasteiger partial charge on any atom is -0.314 e. The maximum absolute atomic E-state index is 6.05. The Morgan fingerprint density at radius 2 is 2.38 bits per heavy atom. The van der Waals surface area contributed by atoms with E-state index >= 15 is 0 Å². The summed E-state index contributed by atoms with van der Waals surface area (Å²) < 4.78 is 0. The van der Waals surface area contributed by atoms with Gasteiger partial charge in [0, 0.05) is 48.7 Å². The van der Waals surface area contributed by atoms with Gasteiger partial charge >= 0.3 is 0 Å². The molecule has 1 saturated heterocycles. The average molecular weight is 198 g/mol. The molecule has 3 nitrogen and oxygen atoms in total. The Morgan fingerprint density at radius 1 is 1.46 bits per heavy atom. The summed E-state index contributed by atoms with van der Waals surface area (Å²) in [6.45, 7) is 2.93. The summed E-state index contributed by atoms with van der Waals surface area (Å²) in [4.78, 5) is 4.07. The second-order valence-corrected chi connectivity index (χ2v) is 3.52. The predicted octanol–water partition coefficient (Wildman–Crippen LogP) is 0.969. The van der Waals surface area contributed by atoms with Crippen molar-refractivity contribution >= 4 is 11.6 Å². The quantitative estimate of drug-likeness (QED) is 0.705. The van der Waals surface area contributed by atoms with Crippen LogP contribution in [0.4, 0.5) is 0 Å². The van der Waals surface area contributed by atoms with E-state index < -0.39 is 0 Å².